The van der Waals surface area contributed by atoms with Crippen LogP contribution in [-0.4, -0.2) is 50.7 Å². The van der Waals surface area contributed by atoms with Gasteiger partial charge in [-0.1, -0.05) is 0 Å². The average Bonchev–Trinajstić information content (AvgIpc) is 2.29. The Labute approximate surface area is 72.3 Å². The molecule has 0 aromatic heterocycles. The minimum Gasteiger partial charge on any atom is -0.388 e. The van der Waals surface area contributed by atoms with Crippen molar-refractivity contribution in [2.24, 2.45) is 0 Å². The Kier molecular flexibility index (Phi) is 3.25. The van der Waals surface area contributed by atoms with Crippen LogP contribution in [0.2, 0.25) is 0 Å². The largest absolute Gasteiger partial charge is 0.388 e. The normalized spacial score (nSPS) is 41.5. The zero-order valence-corrected chi connectivity index (χ0v) is 6.84. The van der Waals surface area contributed by atoms with Crippen LogP contribution in [0.15, 0.2) is 0 Å². The number of rotatable bonds is 3. The summed E-state index contributed by atoms with van der Waals surface area (Å²) in [5.41, 5.74) is 0. The molecular weight excluding hydrogens is 159 g/mol. The number of aliphatic hydroxyl groups excluding tert-OH is 1. The molecule has 0 aliphatic carbocycles. The lowest BCUT2D eigenvalue weighted by Crippen LogP contribution is -2.34. The van der Waals surface area contributed by atoms with E-state index in [-0.39, 0.29) is 6.42 Å². The average molecular weight is 170 g/mol. The first kappa shape index (κ1) is 9.70. The molecule has 0 aromatic rings. The maximum atomic E-state index is 10.1. The molecule has 5 heteroatoms. The molecule has 12 heavy (non-hydrogen) atoms. The summed E-state index contributed by atoms with van der Waals surface area (Å²) in [6.07, 6.45) is -1.03. The van der Waals surface area contributed by atoms with Gasteiger partial charge in [-0.05, 0) is 0 Å². The monoisotopic (exact) mass is 170 g/mol. The molecule has 4 unspecified atom stereocenters. The van der Waals surface area contributed by atoms with Crippen LogP contribution in [0.3, 0.4) is 0 Å². The van der Waals surface area contributed by atoms with Gasteiger partial charge >= 0.3 is 0 Å². The fraction of sp³-hybridized carbons (Fsp3) is 0.857. The van der Waals surface area contributed by atoms with Crippen LogP contribution in [0.5, 0.6) is 0 Å². The van der Waals surface area contributed by atoms with E-state index in [1.54, 1.807) is 0 Å². The second-order valence-corrected chi connectivity index (χ2v) is 2.73. The number of aliphatic hydroxyl groups is 1. The topological polar surface area (TPSA) is 55.8 Å². The lowest BCUT2D eigenvalue weighted by molar-refractivity contribution is -0.111. The van der Waals surface area contributed by atoms with E-state index in [4.69, 9.17) is 17.3 Å². The second-order valence-electron chi connectivity index (χ2n) is 2.73. The minimum absolute atomic E-state index is 0.148. The van der Waals surface area contributed by atoms with Crippen molar-refractivity contribution >= 4 is 14.1 Å². The standard InChI is InChI=1S/C7H11BO4/c1-11-6-5(10)4(2-3-9)12-7(6)8/h3-7,10H,2H2,1H3. The van der Waals surface area contributed by atoms with Gasteiger partial charge in [0, 0.05) is 19.5 Å². The van der Waals surface area contributed by atoms with Crippen molar-refractivity contribution in [2.45, 2.75) is 30.7 Å². The Balaban J connectivity index is 2.55. The molecule has 0 bridgehead atoms. The first-order chi connectivity index (χ1) is 5.70. The van der Waals surface area contributed by atoms with Crippen molar-refractivity contribution in [2.75, 3.05) is 7.11 Å². The number of ether oxygens (including phenoxy) is 2. The molecule has 0 saturated carbocycles. The molecule has 4 atom stereocenters. The Morgan fingerprint density at radius 1 is 1.75 bits per heavy atom. The predicted octanol–water partition coefficient (Wildman–Crippen LogP) is -1.16. The number of methoxy groups -OCH3 is 1. The van der Waals surface area contributed by atoms with Gasteiger partial charge in [-0.2, -0.15) is 0 Å². The maximum Gasteiger partial charge on any atom is 0.122 e. The number of carbonyl (C=O) groups excluding carboxylic acids is 1. The van der Waals surface area contributed by atoms with E-state index in [1.807, 2.05) is 0 Å². The van der Waals surface area contributed by atoms with Crippen molar-refractivity contribution in [1.82, 2.24) is 0 Å². The molecular formula is C7H11BO4. The molecule has 66 valence electrons. The number of carbonyl (C=O) groups is 1. The van der Waals surface area contributed by atoms with E-state index < -0.39 is 24.3 Å². The van der Waals surface area contributed by atoms with Gasteiger partial charge in [0.05, 0.1) is 6.10 Å². The summed E-state index contributed by atoms with van der Waals surface area (Å²) in [5, 5.41) is 9.46. The maximum absolute atomic E-state index is 10.1. The number of aldehydes is 1. The first-order valence-electron chi connectivity index (χ1n) is 3.76. The third-order valence-electron chi connectivity index (χ3n) is 1.97. The van der Waals surface area contributed by atoms with Gasteiger partial charge < -0.3 is 19.4 Å². The fourth-order valence-electron chi connectivity index (χ4n) is 1.33. The molecule has 0 aromatic carbocycles. The quantitative estimate of drug-likeness (QED) is 0.429. The van der Waals surface area contributed by atoms with E-state index in [0.717, 1.165) is 0 Å². The lowest BCUT2D eigenvalue weighted by atomic mass is 9.92. The third-order valence-corrected chi connectivity index (χ3v) is 1.97. The Hall–Kier alpha value is -0.385. The highest BCUT2D eigenvalue weighted by molar-refractivity contribution is 6.11. The number of hydrogen-bond donors (Lipinski definition) is 1. The molecule has 1 rings (SSSR count). The zero-order valence-electron chi connectivity index (χ0n) is 6.84. The molecule has 1 fully saturated rings. The van der Waals surface area contributed by atoms with Crippen molar-refractivity contribution in [1.29, 1.82) is 0 Å². The van der Waals surface area contributed by atoms with E-state index in [0.29, 0.717) is 6.29 Å². The molecule has 1 saturated heterocycles. The minimum atomic E-state index is -0.810. The highest BCUT2D eigenvalue weighted by atomic mass is 16.6. The summed E-state index contributed by atoms with van der Waals surface area (Å²) in [5.74, 6) is 0. The molecule has 1 N–H and O–H groups in total. The molecule has 0 amide bonds. The molecule has 1 aliphatic heterocycles. The Morgan fingerprint density at radius 3 is 2.83 bits per heavy atom. The fourth-order valence-corrected chi connectivity index (χ4v) is 1.33. The van der Waals surface area contributed by atoms with Crippen LogP contribution >= 0.6 is 0 Å². The zero-order chi connectivity index (χ0) is 9.14. The summed E-state index contributed by atoms with van der Waals surface area (Å²) in [7, 11) is 6.92. The molecule has 0 spiro atoms. The molecule has 1 heterocycles. The van der Waals surface area contributed by atoms with E-state index in [2.05, 4.69) is 0 Å². The van der Waals surface area contributed by atoms with Gasteiger partial charge in [0.25, 0.3) is 0 Å². The first-order valence-corrected chi connectivity index (χ1v) is 3.76. The molecule has 4 nitrogen and oxygen atoms in total. The highest BCUT2D eigenvalue weighted by Gasteiger charge is 2.40. The Bertz CT molecular complexity index is 163. The lowest BCUT2D eigenvalue weighted by Gasteiger charge is -2.15. The summed E-state index contributed by atoms with van der Waals surface area (Å²) in [6, 6.07) is -0.644. The van der Waals surface area contributed by atoms with Crippen molar-refractivity contribution in [3.63, 3.8) is 0 Å². The Morgan fingerprint density at radius 2 is 2.42 bits per heavy atom. The van der Waals surface area contributed by atoms with Gasteiger partial charge in [-0.15, -0.1) is 0 Å². The van der Waals surface area contributed by atoms with Gasteiger partial charge in [-0.25, -0.2) is 0 Å². The van der Waals surface area contributed by atoms with Gasteiger partial charge in [0.1, 0.15) is 26.3 Å². The summed E-state index contributed by atoms with van der Waals surface area (Å²) in [6.45, 7) is 0. The van der Waals surface area contributed by atoms with Crippen LogP contribution in [0, 0.1) is 0 Å². The van der Waals surface area contributed by atoms with E-state index in [1.165, 1.54) is 7.11 Å². The predicted molar refractivity (Wildman–Crippen MR) is 41.9 cm³/mol. The van der Waals surface area contributed by atoms with Crippen molar-refractivity contribution in [3.05, 3.63) is 0 Å². The van der Waals surface area contributed by atoms with Gasteiger partial charge in [-0.3, -0.25) is 0 Å². The van der Waals surface area contributed by atoms with Crippen LogP contribution in [0.1, 0.15) is 6.42 Å². The van der Waals surface area contributed by atoms with Crippen LogP contribution in [0.4, 0.5) is 0 Å². The van der Waals surface area contributed by atoms with Gasteiger partial charge in [0.2, 0.25) is 0 Å². The van der Waals surface area contributed by atoms with Crippen LogP contribution in [-0.2, 0) is 14.3 Å². The molecule has 1 aliphatic rings. The van der Waals surface area contributed by atoms with Crippen molar-refractivity contribution in [3.8, 4) is 0 Å². The summed E-state index contributed by atoms with van der Waals surface area (Å²) < 4.78 is 9.99. The summed E-state index contributed by atoms with van der Waals surface area (Å²) in [4.78, 5) is 10.1. The van der Waals surface area contributed by atoms with E-state index in [9.17, 15) is 9.90 Å². The summed E-state index contributed by atoms with van der Waals surface area (Å²) >= 11 is 0. The van der Waals surface area contributed by atoms with E-state index >= 15 is 0 Å². The van der Waals surface area contributed by atoms with Crippen LogP contribution < -0.4 is 0 Å². The van der Waals surface area contributed by atoms with Crippen LogP contribution in [0.25, 0.3) is 0 Å². The SMILES string of the molecule is [B]C1OC(CC=O)C(O)C1OC. The van der Waals surface area contributed by atoms with Crippen molar-refractivity contribution < 1.29 is 19.4 Å². The second kappa shape index (κ2) is 4.02. The third kappa shape index (κ3) is 1.68. The molecule has 2 radical (unpaired) electrons. The highest BCUT2D eigenvalue weighted by Crippen LogP contribution is 2.22. The van der Waals surface area contributed by atoms with Gasteiger partial charge in [0.15, 0.2) is 0 Å². The smallest absolute Gasteiger partial charge is 0.122 e. The number of hydrogen-bond acceptors (Lipinski definition) is 4.